The first-order chi connectivity index (χ1) is 9.76. The molecule has 0 aliphatic carbocycles. The number of esters is 1. The van der Waals surface area contributed by atoms with Gasteiger partial charge in [0.15, 0.2) is 0 Å². The molecule has 0 fully saturated rings. The molecule has 0 aliphatic rings. The van der Waals surface area contributed by atoms with Crippen LogP contribution in [0.1, 0.15) is 37.2 Å². The molecule has 0 saturated heterocycles. The zero-order valence-electron chi connectivity index (χ0n) is 11.8. The molecule has 0 radical (unpaired) electrons. The normalized spacial score (nSPS) is 13.4. The summed E-state index contributed by atoms with van der Waals surface area (Å²) in [6.07, 6.45) is 2.30. The lowest BCUT2D eigenvalue weighted by atomic mass is 9.96. The second-order valence-electron chi connectivity index (χ2n) is 4.61. The van der Waals surface area contributed by atoms with Crippen molar-refractivity contribution in [2.24, 2.45) is 0 Å². The third-order valence-electron chi connectivity index (χ3n) is 2.91. The number of hydrogen-bond donors (Lipinski definition) is 1. The van der Waals surface area contributed by atoms with Crippen LogP contribution in [0, 0.1) is 0 Å². The van der Waals surface area contributed by atoms with Gasteiger partial charge >= 0.3 is 5.97 Å². The Hall–Kier alpha value is -1.04. The van der Waals surface area contributed by atoms with E-state index in [4.69, 9.17) is 39.5 Å². The van der Waals surface area contributed by atoms with Gasteiger partial charge in [0.1, 0.15) is 11.2 Å². The molecule has 5 nitrogen and oxygen atoms in total. The molecule has 0 aromatic carbocycles. The first-order valence-electron chi connectivity index (χ1n) is 6.17. The first kappa shape index (κ1) is 18.0. The quantitative estimate of drug-likeness (QED) is 0.823. The van der Waals surface area contributed by atoms with Crippen LogP contribution in [0.3, 0.4) is 0 Å². The molecular weight excluding hydrogens is 339 g/mol. The average molecular weight is 354 g/mol. The number of amides is 1. The minimum atomic E-state index is -1.17. The zero-order valence-corrected chi connectivity index (χ0v) is 14.1. The Morgan fingerprint density at radius 2 is 1.95 bits per heavy atom. The number of hydrogen-bond acceptors (Lipinski definition) is 4. The number of aromatic nitrogens is 1. The maximum Gasteiger partial charge on any atom is 0.331 e. The van der Waals surface area contributed by atoms with Crippen molar-refractivity contribution in [2.45, 2.75) is 32.2 Å². The van der Waals surface area contributed by atoms with Gasteiger partial charge in [0.05, 0.1) is 22.2 Å². The fraction of sp³-hybridized carbons (Fsp3) is 0.462. The number of rotatable bonds is 5. The maximum absolute atomic E-state index is 12.3. The lowest BCUT2D eigenvalue weighted by molar-refractivity contribution is -0.147. The van der Waals surface area contributed by atoms with Gasteiger partial charge in [-0.15, -0.1) is 0 Å². The van der Waals surface area contributed by atoms with Crippen molar-refractivity contribution in [2.75, 3.05) is 7.11 Å². The number of carbonyl (C=O) groups is 2. The van der Waals surface area contributed by atoms with Crippen LogP contribution in [0.25, 0.3) is 0 Å². The predicted molar refractivity (Wildman–Crippen MR) is 82.1 cm³/mol. The fourth-order valence-corrected chi connectivity index (χ4v) is 2.42. The minimum Gasteiger partial charge on any atom is -0.467 e. The highest BCUT2D eigenvalue weighted by Crippen LogP contribution is 2.31. The summed E-state index contributed by atoms with van der Waals surface area (Å²) >= 11 is 17.6. The first-order valence-corrected chi connectivity index (χ1v) is 7.30. The third kappa shape index (κ3) is 3.99. The van der Waals surface area contributed by atoms with E-state index >= 15 is 0 Å². The van der Waals surface area contributed by atoms with Crippen molar-refractivity contribution in [3.63, 3.8) is 0 Å². The molecule has 1 N–H and O–H groups in total. The summed E-state index contributed by atoms with van der Waals surface area (Å²) in [5, 5.41) is 2.70. The molecule has 116 valence electrons. The number of pyridine rings is 1. The lowest BCUT2D eigenvalue weighted by Crippen LogP contribution is -2.52. The molecule has 0 saturated carbocycles. The highest BCUT2D eigenvalue weighted by Gasteiger charge is 2.36. The van der Waals surface area contributed by atoms with Crippen molar-refractivity contribution < 1.29 is 14.3 Å². The van der Waals surface area contributed by atoms with Gasteiger partial charge in [-0.1, -0.05) is 48.1 Å². The topological polar surface area (TPSA) is 68.3 Å². The summed E-state index contributed by atoms with van der Waals surface area (Å²) < 4.78 is 4.72. The Balaban J connectivity index is 3.09. The van der Waals surface area contributed by atoms with Gasteiger partial charge in [-0.05, 0) is 13.3 Å². The van der Waals surface area contributed by atoms with Crippen molar-refractivity contribution >= 4 is 46.7 Å². The van der Waals surface area contributed by atoms with Crippen LogP contribution in [-0.2, 0) is 9.53 Å². The number of carbonyl (C=O) groups excluding carboxylic acids is 2. The van der Waals surface area contributed by atoms with E-state index in [1.807, 2.05) is 6.92 Å². The van der Waals surface area contributed by atoms with Crippen LogP contribution in [0.2, 0.25) is 15.1 Å². The van der Waals surface area contributed by atoms with Gasteiger partial charge in [-0.2, -0.15) is 0 Å². The van der Waals surface area contributed by atoms with E-state index < -0.39 is 17.4 Å². The Morgan fingerprint density at radius 3 is 2.48 bits per heavy atom. The van der Waals surface area contributed by atoms with Crippen LogP contribution >= 0.6 is 34.8 Å². The number of ether oxygens (including phenoxy) is 1. The Bertz CT molecular complexity index is 566. The van der Waals surface area contributed by atoms with Crippen LogP contribution in [0.5, 0.6) is 0 Å². The summed E-state index contributed by atoms with van der Waals surface area (Å²) in [6, 6.07) is 0. The van der Waals surface area contributed by atoms with Crippen LogP contribution in [-0.4, -0.2) is 29.5 Å². The number of halogens is 3. The molecular formula is C13H15Cl3N2O3. The second-order valence-corrected chi connectivity index (χ2v) is 5.77. The summed E-state index contributed by atoms with van der Waals surface area (Å²) in [5.74, 6) is -1.17. The van der Waals surface area contributed by atoms with E-state index in [0.29, 0.717) is 12.8 Å². The number of methoxy groups -OCH3 is 1. The van der Waals surface area contributed by atoms with Crippen LogP contribution in [0.15, 0.2) is 6.20 Å². The van der Waals surface area contributed by atoms with Gasteiger partial charge in [0.25, 0.3) is 5.91 Å². The SMILES string of the molecule is CCCC(C)(NC(=O)c1ncc(Cl)c(Cl)c1Cl)C(=O)OC. The molecule has 8 heteroatoms. The largest absolute Gasteiger partial charge is 0.467 e. The summed E-state index contributed by atoms with van der Waals surface area (Å²) in [7, 11) is 1.26. The Kier molecular flexibility index (Phi) is 6.25. The zero-order chi connectivity index (χ0) is 16.2. The maximum atomic E-state index is 12.3. The highest BCUT2D eigenvalue weighted by atomic mass is 35.5. The molecule has 0 aliphatic heterocycles. The van der Waals surface area contributed by atoms with E-state index in [2.05, 4.69) is 10.3 Å². The predicted octanol–water partition coefficient (Wildman–Crippen LogP) is 3.50. The fourth-order valence-electron chi connectivity index (χ4n) is 1.85. The smallest absolute Gasteiger partial charge is 0.331 e. The standard InChI is InChI=1S/C13H15Cl3N2O3/c1-4-5-13(2,12(20)21-3)18-11(19)10-9(16)8(15)7(14)6-17-10/h6H,4-5H2,1-3H3,(H,18,19). The Morgan fingerprint density at radius 1 is 1.33 bits per heavy atom. The molecule has 21 heavy (non-hydrogen) atoms. The molecule has 1 rings (SSSR count). The van der Waals surface area contributed by atoms with E-state index in [-0.39, 0.29) is 20.8 Å². The number of nitrogens with zero attached hydrogens (tertiary/aromatic N) is 1. The molecule has 1 amide bonds. The molecule has 0 bridgehead atoms. The molecule has 1 aromatic rings. The van der Waals surface area contributed by atoms with Crippen molar-refractivity contribution in [3.8, 4) is 0 Å². The van der Waals surface area contributed by atoms with Crippen molar-refractivity contribution in [1.82, 2.24) is 10.3 Å². The monoisotopic (exact) mass is 352 g/mol. The highest BCUT2D eigenvalue weighted by molar-refractivity contribution is 6.48. The van der Waals surface area contributed by atoms with Crippen molar-refractivity contribution in [3.05, 3.63) is 27.0 Å². The van der Waals surface area contributed by atoms with Gasteiger partial charge < -0.3 is 10.1 Å². The van der Waals surface area contributed by atoms with E-state index in [0.717, 1.165) is 0 Å². The molecule has 1 unspecified atom stereocenters. The van der Waals surface area contributed by atoms with E-state index in [1.165, 1.54) is 13.3 Å². The Labute approximate surface area is 137 Å². The lowest BCUT2D eigenvalue weighted by Gasteiger charge is -2.27. The third-order valence-corrected chi connectivity index (χ3v) is 4.15. The van der Waals surface area contributed by atoms with Crippen molar-refractivity contribution in [1.29, 1.82) is 0 Å². The van der Waals surface area contributed by atoms with Gasteiger partial charge in [0.2, 0.25) is 0 Å². The number of nitrogens with one attached hydrogen (secondary N) is 1. The average Bonchev–Trinajstić information content (AvgIpc) is 2.43. The summed E-state index contributed by atoms with van der Waals surface area (Å²) in [4.78, 5) is 28.0. The molecule has 1 heterocycles. The molecule has 1 atom stereocenters. The van der Waals surface area contributed by atoms with Crippen LogP contribution in [0.4, 0.5) is 0 Å². The summed E-state index contributed by atoms with van der Waals surface area (Å²) in [6.45, 7) is 3.46. The molecule has 1 aromatic heterocycles. The molecule has 0 spiro atoms. The van der Waals surface area contributed by atoms with Gasteiger partial charge in [-0.25, -0.2) is 9.78 Å². The van der Waals surface area contributed by atoms with Gasteiger partial charge in [-0.3, -0.25) is 4.79 Å². The summed E-state index contributed by atoms with van der Waals surface area (Å²) in [5.41, 5.74) is -1.27. The second kappa shape index (κ2) is 7.29. The van der Waals surface area contributed by atoms with Crippen LogP contribution < -0.4 is 5.32 Å². The van der Waals surface area contributed by atoms with E-state index in [9.17, 15) is 9.59 Å². The minimum absolute atomic E-state index is 0.0359. The van der Waals surface area contributed by atoms with E-state index in [1.54, 1.807) is 6.92 Å². The van der Waals surface area contributed by atoms with Gasteiger partial charge in [0, 0.05) is 6.20 Å².